The topological polar surface area (TPSA) is 118 Å². The second-order valence-corrected chi connectivity index (χ2v) is 7.72. The molecule has 26 heavy (non-hydrogen) atoms. The van der Waals surface area contributed by atoms with Crippen LogP contribution in [0.3, 0.4) is 0 Å². The maximum Gasteiger partial charge on any atom is 0.264 e. The van der Waals surface area contributed by atoms with Crippen LogP contribution in [0.2, 0.25) is 0 Å². The molecule has 1 heterocycles. The monoisotopic (exact) mass is 374 g/mol. The molecule has 0 saturated carbocycles. The summed E-state index contributed by atoms with van der Waals surface area (Å²) in [5, 5.41) is 2.57. The van der Waals surface area contributed by atoms with Crippen LogP contribution in [0.1, 0.15) is 41.5 Å². The molecule has 9 heteroatoms. The van der Waals surface area contributed by atoms with Gasteiger partial charge in [0.15, 0.2) is 5.78 Å². The Morgan fingerprint density at radius 1 is 1.12 bits per heavy atom. The van der Waals surface area contributed by atoms with Crippen LogP contribution in [0.4, 0.5) is 11.6 Å². The van der Waals surface area contributed by atoms with Gasteiger partial charge in [0.2, 0.25) is 11.9 Å². The third kappa shape index (κ3) is 3.72. The highest BCUT2D eigenvalue weighted by molar-refractivity contribution is 7.92. The number of nitrogens with one attached hydrogen (secondary N) is 2. The van der Waals surface area contributed by atoms with Crippen molar-refractivity contribution in [2.75, 3.05) is 10.0 Å². The number of hydrogen-bond donors (Lipinski definition) is 2. The largest absolute Gasteiger partial charge is 0.326 e. The highest BCUT2D eigenvalue weighted by Gasteiger charge is 2.24. The summed E-state index contributed by atoms with van der Waals surface area (Å²) < 4.78 is 27.4. The molecule has 0 aliphatic heterocycles. The Morgan fingerprint density at radius 2 is 1.81 bits per heavy atom. The number of carbonyl (C=O) groups excluding carboxylic acids is 2. The van der Waals surface area contributed by atoms with Gasteiger partial charge in [0.05, 0.1) is 21.8 Å². The van der Waals surface area contributed by atoms with Crippen molar-refractivity contribution >= 4 is 33.3 Å². The minimum Gasteiger partial charge on any atom is -0.326 e. The lowest BCUT2D eigenvalue weighted by Crippen LogP contribution is -2.20. The van der Waals surface area contributed by atoms with Crippen molar-refractivity contribution in [3.05, 3.63) is 41.2 Å². The van der Waals surface area contributed by atoms with Crippen LogP contribution in [-0.2, 0) is 21.2 Å². The van der Waals surface area contributed by atoms with Crippen molar-refractivity contribution in [3.8, 4) is 0 Å². The van der Waals surface area contributed by atoms with E-state index in [1.54, 1.807) is 6.92 Å². The molecule has 0 saturated heterocycles. The minimum absolute atomic E-state index is 0.00767. The van der Waals surface area contributed by atoms with E-state index in [1.807, 2.05) is 0 Å². The highest BCUT2D eigenvalue weighted by Crippen LogP contribution is 2.24. The van der Waals surface area contributed by atoms with E-state index in [0.29, 0.717) is 41.9 Å². The second-order valence-electron chi connectivity index (χ2n) is 6.04. The van der Waals surface area contributed by atoms with Gasteiger partial charge in [-0.25, -0.2) is 23.1 Å². The fourth-order valence-corrected chi connectivity index (χ4v) is 3.81. The van der Waals surface area contributed by atoms with E-state index in [1.165, 1.54) is 31.2 Å². The Balaban J connectivity index is 1.87. The molecule has 136 valence electrons. The summed E-state index contributed by atoms with van der Waals surface area (Å²) >= 11 is 0. The predicted octanol–water partition coefficient (Wildman–Crippen LogP) is 2.06. The summed E-state index contributed by atoms with van der Waals surface area (Å²) in [6.45, 7) is 3.04. The van der Waals surface area contributed by atoms with E-state index in [0.717, 1.165) is 0 Å². The predicted molar refractivity (Wildman–Crippen MR) is 95.6 cm³/mol. The molecule has 2 aromatic rings. The summed E-state index contributed by atoms with van der Waals surface area (Å²) in [6, 6.07) is 5.74. The molecule has 2 N–H and O–H groups in total. The first kappa shape index (κ1) is 18.0. The number of benzene rings is 1. The van der Waals surface area contributed by atoms with Gasteiger partial charge in [-0.15, -0.1) is 0 Å². The fourth-order valence-electron chi connectivity index (χ4n) is 2.86. The lowest BCUT2D eigenvalue weighted by molar-refractivity contribution is -0.114. The second kappa shape index (κ2) is 6.83. The van der Waals surface area contributed by atoms with Gasteiger partial charge in [0.25, 0.3) is 10.0 Å². The van der Waals surface area contributed by atoms with Crippen molar-refractivity contribution < 1.29 is 18.0 Å². The molecule has 3 rings (SSSR count). The molecule has 0 fully saturated rings. The molecular formula is C17H18N4O4S. The first-order valence-electron chi connectivity index (χ1n) is 8.07. The molecule has 0 radical (unpaired) electrons. The number of amides is 1. The molecule has 1 amide bonds. The van der Waals surface area contributed by atoms with Gasteiger partial charge in [-0.05, 0) is 44.0 Å². The van der Waals surface area contributed by atoms with E-state index in [9.17, 15) is 18.0 Å². The number of ketones is 1. The SMILES string of the molecule is CC(=O)Nc1ccc(S(=O)(=O)Nc2nc(C)c3c(n2)CCCC3=O)cc1. The van der Waals surface area contributed by atoms with Crippen LogP contribution in [0.25, 0.3) is 0 Å². The maximum absolute atomic E-state index is 12.5. The van der Waals surface area contributed by atoms with Crippen molar-refractivity contribution in [2.45, 2.75) is 38.0 Å². The lowest BCUT2D eigenvalue weighted by atomic mass is 9.94. The lowest BCUT2D eigenvalue weighted by Gasteiger charge is -2.17. The van der Waals surface area contributed by atoms with E-state index in [2.05, 4.69) is 20.0 Å². The van der Waals surface area contributed by atoms with Crippen LogP contribution in [0.5, 0.6) is 0 Å². The molecule has 1 aromatic carbocycles. The van der Waals surface area contributed by atoms with Gasteiger partial charge in [-0.1, -0.05) is 0 Å². The molecule has 0 spiro atoms. The van der Waals surface area contributed by atoms with Crippen LogP contribution < -0.4 is 10.0 Å². The number of hydrogen-bond acceptors (Lipinski definition) is 6. The number of anilines is 2. The Hall–Kier alpha value is -2.81. The molecule has 0 bridgehead atoms. The van der Waals surface area contributed by atoms with Gasteiger partial charge in [0, 0.05) is 19.0 Å². The van der Waals surface area contributed by atoms with Crippen molar-refractivity contribution in [1.29, 1.82) is 0 Å². The Kier molecular flexibility index (Phi) is 4.73. The van der Waals surface area contributed by atoms with Crippen LogP contribution in [0, 0.1) is 6.92 Å². The number of fused-ring (bicyclic) bond motifs is 1. The number of Topliss-reactive ketones (excluding diaryl/α,β-unsaturated/α-hetero) is 1. The Morgan fingerprint density at radius 3 is 2.46 bits per heavy atom. The van der Waals surface area contributed by atoms with Crippen LogP contribution in [-0.4, -0.2) is 30.1 Å². The molecule has 0 unspecified atom stereocenters. The molecular weight excluding hydrogens is 356 g/mol. The molecule has 1 aliphatic carbocycles. The average Bonchev–Trinajstić information content (AvgIpc) is 2.54. The van der Waals surface area contributed by atoms with Gasteiger partial charge in [0.1, 0.15) is 0 Å². The van der Waals surface area contributed by atoms with Crippen molar-refractivity contribution in [2.24, 2.45) is 0 Å². The zero-order valence-corrected chi connectivity index (χ0v) is 15.2. The van der Waals surface area contributed by atoms with Gasteiger partial charge >= 0.3 is 0 Å². The number of sulfonamides is 1. The standard InChI is InChI=1S/C17H18N4O4S/c1-10-16-14(4-3-5-15(16)23)20-17(18-10)21-26(24,25)13-8-6-12(7-9-13)19-11(2)22/h6-9H,3-5H2,1-2H3,(H,19,22)(H,18,20,21). The molecule has 8 nitrogen and oxygen atoms in total. The number of rotatable bonds is 4. The van der Waals surface area contributed by atoms with Crippen molar-refractivity contribution in [1.82, 2.24) is 9.97 Å². The number of aromatic nitrogens is 2. The van der Waals surface area contributed by atoms with Gasteiger partial charge in [-0.2, -0.15) is 0 Å². The maximum atomic E-state index is 12.5. The summed E-state index contributed by atoms with van der Waals surface area (Å²) in [7, 11) is -3.89. The minimum atomic E-state index is -3.89. The highest BCUT2D eigenvalue weighted by atomic mass is 32.2. The quantitative estimate of drug-likeness (QED) is 0.846. The average molecular weight is 374 g/mol. The first-order valence-corrected chi connectivity index (χ1v) is 9.56. The fraction of sp³-hybridized carbons (Fsp3) is 0.294. The third-order valence-electron chi connectivity index (χ3n) is 3.97. The van der Waals surface area contributed by atoms with Gasteiger partial charge < -0.3 is 5.32 Å². The summed E-state index contributed by atoms with van der Waals surface area (Å²) in [6.07, 6.45) is 1.77. The third-order valence-corrected chi connectivity index (χ3v) is 5.32. The molecule has 1 aromatic heterocycles. The van der Waals surface area contributed by atoms with E-state index in [4.69, 9.17) is 0 Å². The molecule has 1 aliphatic rings. The van der Waals surface area contributed by atoms with Crippen LogP contribution >= 0.6 is 0 Å². The summed E-state index contributed by atoms with van der Waals surface area (Å²) in [4.78, 5) is 31.4. The van der Waals surface area contributed by atoms with Crippen LogP contribution in [0.15, 0.2) is 29.2 Å². The van der Waals surface area contributed by atoms with E-state index < -0.39 is 10.0 Å². The smallest absolute Gasteiger partial charge is 0.264 e. The van der Waals surface area contributed by atoms with Gasteiger partial charge in [-0.3, -0.25) is 9.59 Å². The zero-order chi connectivity index (χ0) is 18.9. The van der Waals surface area contributed by atoms with Crippen molar-refractivity contribution in [3.63, 3.8) is 0 Å². The number of carbonyl (C=O) groups is 2. The normalized spacial score (nSPS) is 13.8. The zero-order valence-electron chi connectivity index (χ0n) is 14.4. The number of aryl methyl sites for hydroxylation is 2. The Bertz CT molecular complexity index is 985. The Labute approximate surface area is 151 Å². The summed E-state index contributed by atoms with van der Waals surface area (Å²) in [5.74, 6) is -0.306. The van der Waals surface area contributed by atoms with E-state index in [-0.39, 0.29) is 22.5 Å². The number of nitrogens with zero attached hydrogens (tertiary/aromatic N) is 2. The first-order chi connectivity index (χ1) is 12.3. The molecule has 0 atom stereocenters. The summed E-state index contributed by atoms with van der Waals surface area (Å²) in [5.41, 5.74) is 2.04. The van der Waals surface area contributed by atoms with E-state index >= 15 is 0 Å².